The van der Waals surface area contributed by atoms with Gasteiger partial charge in [0, 0.05) is 20.3 Å². The summed E-state index contributed by atoms with van der Waals surface area (Å²) in [6.07, 6.45) is 3.29. The summed E-state index contributed by atoms with van der Waals surface area (Å²) in [5, 5.41) is 0.552. The predicted octanol–water partition coefficient (Wildman–Crippen LogP) is 4.81. The molecule has 1 aromatic heterocycles. The minimum atomic E-state index is -0.127. The molecule has 1 atom stereocenters. The molecule has 3 nitrogen and oxygen atoms in total. The van der Waals surface area contributed by atoms with Gasteiger partial charge in [-0.15, -0.1) is 11.6 Å². The molecule has 2 rings (SSSR count). The van der Waals surface area contributed by atoms with E-state index in [2.05, 4.69) is 9.55 Å². The number of methoxy groups -OCH3 is 1. The summed E-state index contributed by atoms with van der Waals surface area (Å²) in [4.78, 5) is 4.60. The van der Waals surface area contributed by atoms with Crippen molar-refractivity contribution in [3.05, 3.63) is 29.0 Å². The van der Waals surface area contributed by atoms with E-state index < -0.39 is 0 Å². The van der Waals surface area contributed by atoms with Crippen LogP contribution < -0.4 is 0 Å². The highest BCUT2D eigenvalue weighted by Crippen LogP contribution is 2.29. The average Bonchev–Trinajstić information content (AvgIpc) is 2.79. The second-order valence-corrected chi connectivity index (χ2v) is 5.96. The largest absolute Gasteiger partial charge is 0.385 e. The number of halogens is 2. The van der Waals surface area contributed by atoms with Gasteiger partial charge in [-0.3, -0.25) is 0 Å². The van der Waals surface area contributed by atoms with Crippen molar-refractivity contribution in [1.29, 1.82) is 0 Å². The van der Waals surface area contributed by atoms with Crippen LogP contribution in [0, 0.1) is 0 Å². The number of aromatic nitrogens is 2. The fraction of sp³-hybridized carbons (Fsp3) is 0.533. The van der Waals surface area contributed by atoms with Gasteiger partial charge in [-0.1, -0.05) is 17.7 Å². The van der Waals surface area contributed by atoms with Gasteiger partial charge in [0.2, 0.25) is 0 Å². The van der Waals surface area contributed by atoms with Crippen molar-refractivity contribution in [2.45, 2.75) is 38.1 Å². The molecule has 1 unspecified atom stereocenters. The highest BCUT2D eigenvalue weighted by molar-refractivity contribution is 6.35. The van der Waals surface area contributed by atoms with E-state index in [4.69, 9.17) is 27.9 Å². The van der Waals surface area contributed by atoms with E-state index in [9.17, 15) is 0 Å². The minimum absolute atomic E-state index is 0.127. The second-order valence-electron chi connectivity index (χ2n) is 4.90. The van der Waals surface area contributed by atoms with Gasteiger partial charge in [0.15, 0.2) is 0 Å². The summed E-state index contributed by atoms with van der Waals surface area (Å²) >= 11 is 12.5. The van der Waals surface area contributed by atoms with E-state index in [1.54, 1.807) is 7.11 Å². The third-order valence-electron chi connectivity index (χ3n) is 3.35. The highest BCUT2D eigenvalue weighted by atomic mass is 35.5. The van der Waals surface area contributed by atoms with Gasteiger partial charge in [-0.2, -0.15) is 0 Å². The van der Waals surface area contributed by atoms with Crippen LogP contribution >= 0.6 is 23.2 Å². The third kappa shape index (κ3) is 3.46. The minimum Gasteiger partial charge on any atom is -0.385 e. The molecule has 0 saturated carbocycles. The van der Waals surface area contributed by atoms with Crippen LogP contribution in [0.5, 0.6) is 0 Å². The third-order valence-corrected chi connectivity index (χ3v) is 3.85. The maximum Gasteiger partial charge on any atom is 0.127 e. The van der Waals surface area contributed by atoms with E-state index in [0.717, 1.165) is 49.3 Å². The number of benzene rings is 1. The number of aryl methyl sites for hydroxylation is 1. The Balaban J connectivity index is 2.21. The molecular formula is C15H20Cl2N2O. The summed E-state index contributed by atoms with van der Waals surface area (Å²) in [7, 11) is 1.73. The van der Waals surface area contributed by atoms with Gasteiger partial charge in [0.25, 0.3) is 0 Å². The lowest BCUT2D eigenvalue weighted by Gasteiger charge is -2.10. The van der Waals surface area contributed by atoms with Gasteiger partial charge in [0.05, 0.1) is 15.9 Å². The van der Waals surface area contributed by atoms with Crippen molar-refractivity contribution >= 4 is 34.2 Å². The monoisotopic (exact) mass is 314 g/mol. The van der Waals surface area contributed by atoms with E-state index in [-0.39, 0.29) is 5.38 Å². The smallest absolute Gasteiger partial charge is 0.127 e. The molecule has 0 aliphatic heterocycles. The lowest BCUT2D eigenvalue weighted by Crippen LogP contribution is -2.05. The van der Waals surface area contributed by atoms with E-state index in [0.29, 0.717) is 5.02 Å². The average molecular weight is 315 g/mol. The number of fused-ring (bicyclic) bond motifs is 1. The predicted molar refractivity (Wildman–Crippen MR) is 84.7 cm³/mol. The van der Waals surface area contributed by atoms with Gasteiger partial charge < -0.3 is 9.30 Å². The van der Waals surface area contributed by atoms with Crippen LogP contribution in [0.4, 0.5) is 0 Å². The first-order chi connectivity index (χ1) is 9.65. The Morgan fingerprint density at radius 3 is 2.80 bits per heavy atom. The number of alkyl halides is 1. The first-order valence-electron chi connectivity index (χ1n) is 6.92. The number of imidazole rings is 1. The zero-order valence-electron chi connectivity index (χ0n) is 11.9. The Kier molecular flexibility index (Phi) is 5.70. The van der Waals surface area contributed by atoms with Crippen molar-refractivity contribution in [1.82, 2.24) is 9.55 Å². The molecule has 0 saturated heterocycles. The van der Waals surface area contributed by atoms with E-state index in [1.165, 1.54) is 0 Å². The quantitative estimate of drug-likeness (QED) is 0.542. The number of unbranched alkanes of at least 4 members (excludes halogenated alkanes) is 2. The van der Waals surface area contributed by atoms with Crippen LogP contribution in [0.15, 0.2) is 18.2 Å². The van der Waals surface area contributed by atoms with Crippen LogP contribution in [0.2, 0.25) is 5.02 Å². The number of rotatable bonds is 7. The molecule has 0 aliphatic rings. The van der Waals surface area contributed by atoms with E-state index >= 15 is 0 Å². The molecule has 1 heterocycles. The summed E-state index contributed by atoms with van der Waals surface area (Å²) < 4.78 is 7.26. The maximum absolute atomic E-state index is 6.25. The first kappa shape index (κ1) is 15.6. The maximum atomic E-state index is 6.25. The van der Waals surface area contributed by atoms with Crippen LogP contribution in [0.1, 0.15) is 37.4 Å². The lowest BCUT2D eigenvalue weighted by atomic mass is 10.2. The molecule has 0 radical (unpaired) electrons. The van der Waals surface area contributed by atoms with Gasteiger partial charge in [-0.05, 0) is 38.3 Å². The van der Waals surface area contributed by atoms with Crippen molar-refractivity contribution in [2.24, 2.45) is 0 Å². The normalized spacial score (nSPS) is 13.0. The summed E-state index contributed by atoms with van der Waals surface area (Å²) in [6, 6.07) is 5.87. The Labute approximate surface area is 129 Å². The van der Waals surface area contributed by atoms with Crippen LogP contribution in [-0.2, 0) is 11.3 Å². The summed E-state index contributed by atoms with van der Waals surface area (Å²) in [5.74, 6) is 0.890. The SMILES string of the molecule is COCCCCCn1c(C(C)Cl)nc2c(Cl)cccc21. The van der Waals surface area contributed by atoms with Crippen molar-refractivity contribution in [2.75, 3.05) is 13.7 Å². The second kappa shape index (κ2) is 7.30. The zero-order chi connectivity index (χ0) is 14.5. The fourth-order valence-corrected chi connectivity index (χ4v) is 2.74. The van der Waals surface area contributed by atoms with Gasteiger partial charge in [0.1, 0.15) is 11.3 Å². The fourth-order valence-electron chi connectivity index (χ4n) is 2.36. The first-order valence-corrected chi connectivity index (χ1v) is 7.74. The highest BCUT2D eigenvalue weighted by Gasteiger charge is 2.16. The topological polar surface area (TPSA) is 27.1 Å². The molecule has 2 aromatic rings. The molecule has 20 heavy (non-hydrogen) atoms. The standard InChI is InChI=1S/C15H20Cl2N2O/c1-11(16)15-18-14-12(17)7-6-8-13(14)19(15)9-4-3-5-10-20-2/h6-8,11H,3-5,9-10H2,1-2H3. The van der Waals surface area contributed by atoms with Crippen LogP contribution in [0.25, 0.3) is 11.0 Å². The molecular weight excluding hydrogens is 295 g/mol. The Bertz CT molecular complexity index is 566. The number of hydrogen-bond acceptors (Lipinski definition) is 2. The van der Waals surface area contributed by atoms with E-state index in [1.807, 2.05) is 25.1 Å². The number of hydrogen-bond donors (Lipinski definition) is 0. The number of nitrogens with zero attached hydrogens (tertiary/aromatic N) is 2. The Hall–Kier alpha value is -0.770. The molecule has 0 spiro atoms. The van der Waals surface area contributed by atoms with Crippen molar-refractivity contribution in [3.63, 3.8) is 0 Å². The van der Waals surface area contributed by atoms with Gasteiger partial charge in [-0.25, -0.2) is 4.98 Å². The summed E-state index contributed by atoms with van der Waals surface area (Å²) in [6.45, 7) is 3.67. The van der Waals surface area contributed by atoms with Crippen molar-refractivity contribution < 1.29 is 4.74 Å². The molecule has 0 amide bonds. The molecule has 0 aliphatic carbocycles. The zero-order valence-corrected chi connectivity index (χ0v) is 13.4. The molecule has 0 bridgehead atoms. The Morgan fingerprint density at radius 1 is 1.30 bits per heavy atom. The molecule has 5 heteroatoms. The van der Waals surface area contributed by atoms with Crippen LogP contribution in [-0.4, -0.2) is 23.3 Å². The van der Waals surface area contributed by atoms with Crippen LogP contribution in [0.3, 0.4) is 0 Å². The number of para-hydroxylation sites is 1. The summed E-state index contributed by atoms with van der Waals surface area (Å²) in [5.41, 5.74) is 1.90. The molecule has 110 valence electrons. The van der Waals surface area contributed by atoms with Gasteiger partial charge >= 0.3 is 0 Å². The van der Waals surface area contributed by atoms with Crippen molar-refractivity contribution in [3.8, 4) is 0 Å². The number of ether oxygens (including phenoxy) is 1. The molecule has 0 N–H and O–H groups in total. The Morgan fingerprint density at radius 2 is 2.10 bits per heavy atom. The lowest BCUT2D eigenvalue weighted by molar-refractivity contribution is 0.191. The molecule has 1 aromatic carbocycles. The molecule has 0 fully saturated rings.